The van der Waals surface area contributed by atoms with Gasteiger partial charge in [0.15, 0.2) is 5.96 Å². The van der Waals surface area contributed by atoms with Gasteiger partial charge in [0.05, 0.1) is 6.54 Å². The predicted molar refractivity (Wildman–Crippen MR) is 137 cm³/mol. The molecule has 0 aliphatic carbocycles. The highest BCUT2D eigenvalue weighted by Crippen LogP contribution is 2.21. The van der Waals surface area contributed by atoms with Crippen molar-refractivity contribution in [2.24, 2.45) is 10.9 Å². The van der Waals surface area contributed by atoms with Crippen molar-refractivity contribution in [1.29, 1.82) is 0 Å². The van der Waals surface area contributed by atoms with Crippen LogP contribution in [0.2, 0.25) is 0 Å². The van der Waals surface area contributed by atoms with Gasteiger partial charge in [-0.1, -0.05) is 6.07 Å². The van der Waals surface area contributed by atoms with E-state index >= 15 is 0 Å². The van der Waals surface area contributed by atoms with E-state index in [0.717, 1.165) is 76.0 Å². The maximum Gasteiger partial charge on any atom is 0.220 e. The number of nitrogens with zero attached hydrogens (tertiary/aromatic N) is 5. The molecule has 0 saturated carbocycles. The van der Waals surface area contributed by atoms with Gasteiger partial charge in [0.2, 0.25) is 5.91 Å². The molecule has 31 heavy (non-hydrogen) atoms. The number of nitrogens with one attached hydrogen (secondary N) is 2. The molecule has 9 heteroatoms. The van der Waals surface area contributed by atoms with Gasteiger partial charge in [-0.25, -0.2) is 9.98 Å². The van der Waals surface area contributed by atoms with Crippen molar-refractivity contribution in [3.05, 3.63) is 23.9 Å². The number of likely N-dealkylation sites (tertiary alicyclic amines) is 1. The summed E-state index contributed by atoms with van der Waals surface area (Å²) < 4.78 is 0. The fourth-order valence-corrected chi connectivity index (χ4v) is 4.04. The second kappa shape index (κ2) is 13.0. The third kappa shape index (κ3) is 7.78. The smallest absolute Gasteiger partial charge is 0.220 e. The van der Waals surface area contributed by atoms with E-state index in [0.29, 0.717) is 18.9 Å². The van der Waals surface area contributed by atoms with Crippen LogP contribution in [0.5, 0.6) is 0 Å². The van der Waals surface area contributed by atoms with Crippen molar-refractivity contribution in [1.82, 2.24) is 25.4 Å². The molecular formula is C22H38IN7O. The monoisotopic (exact) mass is 543 g/mol. The zero-order chi connectivity index (χ0) is 21.3. The van der Waals surface area contributed by atoms with Crippen LogP contribution in [0.4, 0.5) is 5.82 Å². The first-order valence-corrected chi connectivity index (χ1v) is 11.2. The number of aromatic nitrogens is 1. The van der Waals surface area contributed by atoms with Gasteiger partial charge in [0, 0.05) is 65.5 Å². The Labute approximate surface area is 203 Å². The van der Waals surface area contributed by atoms with Gasteiger partial charge in [0.1, 0.15) is 5.82 Å². The molecule has 1 aromatic heterocycles. The summed E-state index contributed by atoms with van der Waals surface area (Å²) in [6.07, 6.45) is 4.64. The van der Waals surface area contributed by atoms with Crippen LogP contribution in [0.15, 0.2) is 23.3 Å². The number of carbonyl (C=O) groups is 1. The highest BCUT2D eigenvalue weighted by Gasteiger charge is 2.23. The van der Waals surface area contributed by atoms with Crippen LogP contribution in [0.3, 0.4) is 0 Å². The lowest BCUT2D eigenvalue weighted by Gasteiger charge is -2.34. The second-order valence-electron chi connectivity index (χ2n) is 8.29. The largest absolute Gasteiger partial charge is 0.359 e. The average molecular weight is 543 g/mol. The molecule has 2 N–H and O–H groups in total. The van der Waals surface area contributed by atoms with E-state index in [9.17, 15) is 4.79 Å². The first kappa shape index (κ1) is 25.6. The van der Waals surface area contributed by atoms with E-state index in [4.69, 9.17) is 4.99 Å². The summed E-state index contributed by atoms with van der Waals surface area (Å²) in [4.78, 5) is 28.2. The molecule has 0 atom stereocenters. The number of rotatable bonds is 6. The molecule has 3 rings (SSSR count). The van der Waals surface area contributed by atoms with Crippen molar-refractivity contribution in [2.45, 2.75) is 32.7 Å². The molecule has 8 nitrogen and oxygen atoms in total. The summed E-state index contributed by atoms with van der Waals surface area (Å²) in [5.41, 5.74) is 1.12. The fourth-order valence-electron chi connectivity index (χ4n) is 4.04. The second-order valence-corrected chi connectivity index (χ2v) is 8.29. The summed E-state index contributed by atoms with van der Waals surface area (Å²) >= 11 is 0. The highest BCUT2D eigenvalue weighted by atomic mass is 127. The molecule has 2 saturated heterocycles. The number of pyridine rings is 1. The number of halogens is 1. The number of hydrogen-bond acceptors (Lipinski definition) is 5. The zero-order valence-electron chi connectivity index (χ0n) is 19.1. The third-order valence-corrected chi connectivity index (χ3v) is 6.05. The molecule has 2 aliphatic rings. The van der Waals surface area contributed by atoms with E-state index in [1.54, 1.807) is 7.05 Å². The number of carbonyl (C=O) groups excluding carboxylic acids is 1. The van der Waals surface area contributed by atoms with Gasteiger partial charge in [0.25, 0.3) is 0 Å². The lowest BCUT2D eigenvalue weighted by atomic mass is 9.93. The molecule has 1 amide bonds. The first-order chi connectivity index (χ1) is 14.6. The van der Waals surface area contributed by atoms with E-state index in [2.05, 4.69) is 56.4 Å². The summed E-state index contributed by atoms with van der Waals surface area (Å²) in [6.45, 7) is 9.67. The van der Waals surface area contributed by atoms with Gasteiger partial charge in [-0.05, 0) is 44.4 Å². The molecule has 0 bridgehead atoms. The Morgan fingerprint density at radius 1 is 1.16 bits per heavy atom. The third-order valence-electron chi connectivity index (χ3n) is 6.05. The van der Waals surface area contributed by atoms with Crippen molar-refractivity contribution >= 4 is 41.7 Å². The van der Waals surface area contributed by atoms with Gasteiger partial charge < -0.3 is 25.3 Å². The topological polar surface area (TPSA) is 76.1 Å². The Kier molecular flexibility index (Phi) is 10.8. The Balaban J connectivity index is 0.00000341. The van der Waals surface area contributed by atoms with Crippen LogP contribution in [-0.2, 0) is 11.3 Å². The standard InChI is InChI=1S/C22H37N7O.HI/c1-4-24-22(29-9-7-18(8-10-29)15-21(30)23-2)26-17-19-5-6-20(25-16-19)28-13-11-27(3)12-14-28;/h5-6,16,18H,4,7-15,17H2,1-3H3,(H,23,30)(H,24,26);1H. The summed E-state index contributed by atoms with van der Waals surface area (Å²) in [6, 6.07) is 4.26. The molecule has 1 aromatic rings. The number of piperidine rings is 1. The highest BCUT2D eigenvalue weighted by molar-refractivity contribution is 14.0. The van der Waals surface area contributed by atoms with E-state index < -0.39 is 0 Å². The van der Waals surface area contributed by atoms with Gasteiger partial charge in [-0.2, -0.15) is 0 Å². The molecule has 0 unspecified atom stereocenters. The molecule has 2 fully saturated rings. The van der Waals surface area contributed by atoms with Crippen LogP contribution < -0.4 is 15.5 Å². The zero-order valence-corrected chi connectivity index (χ0v) is 21.5. The fraction of sp³-hybridized carbons (Fsp3) is 0.682. The molecule has 0 aromatic carbocycles. The SMILES string of the molecule is CCNC(=NCc1ccc(N2CCN(C)CC2)nc1)N1CCC(CC(=O)NC)CC1.I. The van der Waals surface area contributed by atoms with Crippen LogP contribution in [0, 0.1) is 5.92 Å². The van der Waals surface area contributed by atoms with Crippen molar-refractivity contribution in [3.8, 4) is 0 Å². The number of likely N-dealkylation sites (N-methyl/N-ethyl adjacent to an activating group) is 1. The summed E-state index contributed by atoms with van der Waals surface area (Å²) in [5, 5.41) is 6.15. The van der Waals surface area contributed by atoms with E-state index in [1.807, 2.05) is 6.20 Å². The van der Waals surface area contributed by atoms with Gasteiger partial charge in [-0.15, -0.1) is 24.0 Å². The Morgan fingerprint density at radius 3 is 2.45 bits per heavy atom. The first-order valence-electron chi connectivity index (χ1n) is 11.2. The number of anilines is 1. The molecule has 2 aliphatic heterocycles. The molecule has 0 radical (unpaired) electrons. The minimum absolute atomic E-state index is 0. The average Bonchev–Trinajstić information content (AvgIpc) is 2.78. The number of piperazine rings is 1. The van der Waals surface area contributed by atoms with E-state index in [1.165, 1.54) is 0 Å². The number of hydrogen-bond donors (Lipinski definition) is 2. The maximum atomic E-state index is 11.6. The van der Waals surface area contributed by atoms with Crippen molar-refractivity contribution < 1.29 is 4.79 Å². The van der Waals surface area contributed by atoms with Crippen LogP contribution in [0.1, 0.15) is 31.7 Å². The Hall–Kier alpha value is -1.62. The number of guanidine groups is 1. The summed E-state index contributed by atoms with van der Waals surface area (Å²) in [7, 11) is 3.87. The van der Waals surface area contributed by atoms with Gasteiger partial charge >= 0.3 is 0 Å². The predicted octanol–water partition coefficient (Wildman–Crippen LogP) is 1.76. The Bertz CT molecular complexity index is 696. The molecule has 0 spiro atoms. The Morgan fingerprint density at radius 2 is 1.87 bits per heavy atom. The van der Waals surface area contributed by atoms with Crippen molar-refractivity contribution in [3.63, 3.8) is 0 Å². The van der Waals surface area contributed by atoms with Crippen LogP contribution in [-0.4, -0.2) is 86.6 Å². The normalized spacial score (nSPS) is 18.5. The minimum atomic E-state index is 0. The van der Waals surface area contributed by atoms with Crippen molar-refractivity contribution in [2.75, 3.05) is 64.8 Å². The van der Waals surface area contributed by atoms with E-state index in [-0.39, 0.29) is 29.9 Å². The summed E-state index contributed by atoms with van der Waals surface area (Å²) in [5.74, 6) is 2.62. The number of aliphatic imine (C=N–C) groups is 1. The quantitative estimate of drug-likeness (QED) is 0.324. The molecular weight excluding hydrogens is 505 g/mol. The minimum Gasteiger partial charge on any atom is -0.359 e. The van der Waals surface area contributed by atoms with Gasteiger partial charge in [-0.3, -0.25) is 4.79 Å². The van der Waals surface area contributed by atoms with Crippen LogP contribution >= 0.6 is 24.0 Å². The lowest BCUT2D eigenvalue weighted by molar-refractivity contribution is -0.121. The number of amides is 1. The lowest BCUT2D eigenvalue weighted by Crippen LogP contribution is -2.46. The van der Waals surface area contributed by atoms with Crippen LogP contribution in [0.25, 0.3) is 0 Å². The maximum absolute atomic E-state index is 11.6. The molecule has 174 valence electrons. The molecule has 3 heterocycles.